The van der Waals surface area contributed by atoms with Gasteiger partial charge in [0.25, 0.3) is 5.91 Å². The smallest absolute Gasteiger partial charge is 0.344 e. The number of hydrogen-bond acceptors (Lipinski definition) is 4. The summed E-state index contributed by atoms with van der Waals surface area (Å²) in [6.45, 7) is 1.47. The van der Waals surface area contributed by atoms with Crippen LogP contribution in [0, 0.1) is 11.6 Å². The quantitative estimate of drug-likeness (QED) is 0.489. The highest BCUT2D eigenvalue weighted by Crippen LogP contribution is 2.24. The van der Waals surface area contributed by atoms with Gasteiger partial charge in [-0.15, -0.1) is 0 Å². The van der Waals surface area contributed by atoms with Gasteiger partial charge in [0.2, 0.25) is 0 Å². The van der Waals surface area contributed by atoms with E-state index in [9.17, 15) is 28.3 Å². The first-order valence-electron chi connectivity index (χ1n) is 8.76. The second kappa shape index (κ2) is 8.27. The summed E-state index contributed by atoms with van der Waals surface area (Å²) in [5.41, 5.74) is 1.12. The van der Waals surface area contributed by atoms with Crippen molar-refractivity contribution in [2.24, 2.45) is 0 Å². The zero-order chi connectivity index (χ0) is 22.1. The number of carbonyl (C=O) groups is 3. The third kappa shape index (κ3) is 4.51. The molecule has 158 valence electrons. The molecule has 5 amide bonds. The second-order valence-electron chi connectivity index (χ2n) is 6.88. The fourth-order valence-electron chi connectivity index (χ4n) is 2.90. The summed E-state index contributed by atoms with van der Waals surface area (Å²) < 4.78 is 27.8. The van der Waals surface area contributed by atoms with E-state index in [1.165, 1.54) is 31.2 Å². The molecule has 1 atom stereocenters. The Kier molecular flexibility index (Phi) is 5.92. The Labute approximate surface area is 178 Å². The minimum atomic E-state index is -1.35. The highest BCUT2D eigenvalue weighted by molar-refractivity contribution is 9.10. The third-order valence-electron chi connectivity index (χ3n) is 4.58. The van der Waals surface area contributed by atoms with Crippen molar-refractivity contribution in [3.8, 4) is 5.75 Å². The lowest BCUT2D eigenvalue weighted by Gasteiger charge is -2.21. The van der Waals surface area contributed by atoms with Crippen LogP contribution in [0.5, 0.6) is 5.75 Å². The molecule has 8 nitrogen and oxygen atoms in total. The predicted molar refractivity (Wildman–Crippen MR) is 106 cm³/mol. The molecule has 1 aliphatic rings. The van der Waals surface area contributed by atoms with Crippen molar-refractivity contribution in [2.75, 3.05) is 5.32 Å². The maximum atomic E-state index is 13.8. The van der Waals surface area contributed by atoms with Gasteiger partial charge in [-0.3, -0.25) is 4.79 Å². The second-order valence-corrected chi connectivity index (χ2v) is 7.79. The summed E-state index contributed by atoms with van der Waals surface area (Å²) in [5.74, 6) is -2.71. The summed E-state index contributed by atoms with van der Waals surface area (Å²) in [6.07, 6.45) is 0.340. The number of phenols is 1. The van der Waals surface area contributed by atoms with Gasteiger partial charge in [0.05, 0.1) is 5.69 Å². The molecule has 1 saturated heterocycles. The molecule has 0 aliphatic carbocycles. The monoisotopic (exact) mass is 482 g/mol. The van der Waals surface area contributed by atoms with Crippen molar-refractivity contribution in [3.63, 3.8) is 0 Å². The topological polar surface area (TPSA) is 111 Å². The van der Waals surface area contributed by atoms with E-state index in [-0.39, 0.29) is 18.5 Å². The molecular formula is C19H17BrF2N4O4. The molecule has 3 rings (SSSR count). The van der Waals surface area contributed by atoms with Gasteiger partial charge in [-0.2, -0.15) is 5.01 Å². The highest BCUT2D eigenvalue weighted by Gasteiger charge is 2.48. The molecule has 0 spiro atoms. The first-order chi connectivity index (χ1) is 14.1. The molecule has 2 aromatic carbocycles. The van der Waals surface area contributed by atoms with Crippen LogP contribution in [0.3, 0.4) is 0 Å². The van der Waals surface area contributed by atoms with E-state index in [4.69, 9.17) is 0 Å². The number of imide groups is 1. The van der Waals surface area contributed by atoms with Gasteiger partial charge in [0.1, 0.15) is 11.4 Å². The van der Waals surface area contributed by atoms with E-state index in [0.29, 0.717) is 15.0 Å². The fraction of sp³-hybridized carbons (Fsp3) is 0.211. The lowest BCUT2D eigenvalue weighted by molar-refractivity contribution is -0.132. The van der Waals surface area contributed by atoms with Gasteiger partial charge in [-0.1, -0.05) is 22.0 Å². The van der Waals surface area contributed by atoms with E-state index in [1.54, 1.807) is 0 Å². The number of aromatic hydroxyl groups is 1. The number of nitrogens with one attached hydrogen (secondary N) is 3. The van der Waals surface area contributed by atoms with Gasteiger partial charge in [0, 0.05) is 4.47 Å². The summed E-state index contributed by atoms with van der Waals surface area (Å²) in [5, 5.41) is 14.4. The van der Waals surface area contributed by atoms with Crippen molar-refractivity contribution < 1.29 is 28.3 Å². The van der Waals surface area contributed by atoms with Gasteiger partial charge >= 0.3 is 12.1 Å². The Morgan fingerprint density at radius 3 is 2.60 bits per heavy atom. The molecule has 0 saturated carbocycles. The molecule has 0 aromatic heterocycles. The molecule has 0 bridgehead atoms. The van der Waals surface area contributed by atoms with Crippen LogP contribution in [0.4, 0.5) is 24.1 Å². The van der Waals surface area contributed by atoms with Gasteiger partial charge in [-0.25, -0.2) is 23.8 Å². The molecule has 1 aliphatic heterocycles. The van der Waals surface area contributed by atoms with E-state index >= 15 is 0 Å². The number of rotatable bonds is 5. The molecule has 2 aromatic rings. The number of anilines is 1. The number of aryl methyl sites for hydroxylation is 1. The lowest BCUT2D eigenvalue weighted by Crippen LogP contribution is -2.50. The number of hydrogen-bond donors (Lipinski definition) is 4. The van der Waals surface area contributed by atoms with Crippen molar-refractivity contribution in [1.82, 2.24) is 15.8 Å². The maximum Gasteiger partial charge on any atom is 0.344 e. The normalized spacial score (nSPS) is 18.3. The summed E-state index contributed by atoms with van der Waals surface area (Å²) in [6, 6.07) is 5.96. The zero-order valence-corrected chi connectivity index (χ0v) is 17.2. The van der Waals surface area contributed by atoms with Gasteiger partial charge in [0.15, 0.2) is 11.6 Å². The van der Waals surface area contributed by atoms with Crippen LogP contribution in [0.15, 0.2) is 40.9 Å². The van der Waals surface area contributed by atoms with Crippen LogP contribution >= 0.6 is 15.9 Å². The van der Waals surface area contributed by atoms with E-state index < -0.39 is 40.9 Å². The fourth-order valence-corrected chi connectivity index (χ4v) is 3.23. The van der Waals surface area contributed by atoms with E-state index in [1.807, 2.05) is 0 Å². The van der Waals surface area contributed by atoms with Crippen molar-refractivity contribution in [2.45, 2.75) is 25.3 Å². The molecule has 30 heavy (non-hydrogen) atoms. The summed E-state index contributed by atoms with van der Waals surface area (Å²) in [7, 11) is 0. The lowest BCUT2D eigenvalue weighted by atomic mass is 9.93. The molecule has 0 unspecified atom stereocenters. The third-order valence-corrected chi connectivity index (χ3v) is 5.07. The first kappa shape index (κ1) is 21.5. The average molecular weight is 483 g/mol. The molecule has 1 heterocycles. The Morgan fingerprint density at radius 1 is 1.20 bits per heavy atom. The molecular weight excluding hydrogens is 466 g/mol. The number of hydrazine groups is 1. The molecule has 4 N–H and O–H groups in total. The SMILES string of the molecule is C[C@]1(CCc2ccc(O)c(F)c2)NC(=O)N(NC(=O)Nc2ccc(Br)cc2F)C1=O. The van der Waals surface area contributed by atoms with Gasteiger partial charge < -0.3 is 15.7 Å². The minimum Gasteiger partial charge on any atom is -0.505 e. The van der Waals surface area contributed by atoms with Crippen LogP contribution in [0.25, 0.3) is 0 Å². The minimum absolute atomic E-state index is 0.114. The Bertz CT molecular complexity index is 1040. The summed E-state index contributed by atoms with van der Waals surface area (Å²) in [4.78, 5) is 37.0. The number of amides is 5. The largest absolute Gasteiger partial charge is 0.505 e. The van der Waals surface area contributed by atoms with E-state index in [0.717, 1.165) is 12.1 Å². The number of nitrogens with zero attached hydrogens (tertiary/aromatic N) is 1. The molecule has 1 fully saturated rings. The van der Waals surface area contributed by atoms with Crippen LogP contribution < -0.4 is 16.1 Å². The van der Waals surface area contributed by atoms with Crippen LogP contribution in [-0.4, -0.2) is 33.6 Å². The van der Waals surface area contributed by atoms with E-state index in [2.05, 4.69) is 32.0 Å². The van der Waals surface area contributed by atoms with Crippen LogP contribution in [0.2, 0.25) is 0 Å². The first-order valence-corrected chi connectivity index (χ1v) is 9.55. The van der Waals surface area contributed by atoms with Gasteiger partial charge in [-0.05, 0) is 55.7 Å². The van der Waals surface area contributed by atoms with Crippen LogP contribution in [0.1, 0.15) is 18.9 Å². The highest BCUT2D eigenvalue weighted by atomic mass is 79.9. The zero-order valence-electron chi connectivity index (χ0n) is 15.6. The molecule has 0 radical (unpaired) electrons. The Balaban J connectivity index is 1.64. The number of carbonyl (C=O) groups excluding carboxylic acids is 3. The van der Waals surface area contributed by atoms with Crippen LogP contribution in [-0.2, 0) is 11.2 Å². The standard InChI is InChI=1S/C19H17BrF2N4O4/c1-19(7-6-10-2-5-15(27)13(22)8-10)16(28)26(18(30)24-19)25-17(29)23-14-4-3-11(20)9-12(14)21/h2-5,8-9,27H,6-7H2,1H3,(H,24,30)(H2,23,25,29)/t19-/m1/s1. The van der Waals surface area contributed by atoms with Crippen molar-refractivity contribution >= 4 is 39.6 Å². The number of phenolic OH excluding ortho intramolecular Hbond substituents is 1. The Morgan fingerprint density at radius 2 is 1.93 bits per heavy atom. The Hall–Kier alpha value is -3.21. The van der Waals surface area contributed by atoms with Crippen molar-refractivity contribution in [1.29, 1.82) is 0 Å². The predicted octanol–water partition coefficient (Wildman–Crippen LogP) is 3.41. The summed E-state index contributed by atoms with van der Waals surface area (Å²) >= 11 is 3.09. The van der Waals surface area contributed by atoms with Crippen molar-refractivity contribution in [3.05, 3.63) is 58.1 Å². The average Bonchev–Trinajstić information content (AvgIpc) is 2.88. The number of benzene rings is 2. The molecule has 11 heteroatoms. The number of halogens is 3. The maximum absolute atomic E-state index is 13.8. The number of urea groups is 2.